The number of hydrogen-bond acceptors (Lipinski definition) is 3. The van der Waals surface area contributed by atoms with Crippen molar-refractivity contribution in [1.29, 1.82) is 0 Å². The van der Waals surface area contributed by atoms with E-state index in [0.717, 1.165) is 4.44 Å². The molecule has 9 rings (SSSR count). The molecule has 2 aliphatic carbocycles. The van der Waals surface area contributed by atoms with Gasteiger partial charge in [-0.25, -0.2) is 0 Å². The number of fused-ring (bicyclic) bond motifs is 10. The van der Waals surface area contributed by atoms with E-state index in [1.54, 1.807) is 12.1 Å². The van der Waals surface area contributed by atoms with Crippen molar-refractivity contribution < 1.29 is 9.59 Å². The Morgan fingerprint density at radius 3 is 1.67 bits per heavy atom. The van der Waals surface area contributed by atoms with Gasteiger partial charge in [0, 0.05) is 0 Å². The van der Waals surface area contributed by atoms with Crippen LogP contribution in [0.5, 0.6) is 0 Å². The summed E-state index contributed by atoms with van der Waals surface area (Å²) in [6.07, 6.45) is 1.89. The van der Waals surface area contributed by atoms with Crippen LogP contribution in [-0.4, -0.2) is 26.1 Å². The first-order valence-electron chi connectivity index (χ1n) is 15.6. The third kappa shape index (κ3) is 3.49. The van der Waals surface area contributed by atoms with Gasteiger partial charge in [-0.15, -0.1) is 0 Å². The Hall–Kier alpha value is -5.02. The van der Waals surface area contributed by atoms with E-state index in [9.17, 15) is 9.59 Å². The van der Waals surface area contributed by atoms with Crippen LogP contribution in [0.4, 0.5) is 15.9 Å². The van der Waals surface area contributed by atoms with Gasteiger partial charge in [-0.3, -0.25) is 0 Å². The van der Waals surface area contributed by atoms with Gasteiger partial charge >= 0.3 is 275 Å². The van der Waals surface area contributed by atoms with E-state index in [2.05, 4.69) is 117 Å². The second kappa shape index (κ2) is 9.74. The molecule has 0 fully saturated rings. The molecular formula is C42H29NO2Se. The fourth-order valence-corrected chi connectivity index (χ4v) is 10.7. The maximum atomic E-state index is 13.5. The summed E-state index contributed by atoms with van der Waals surface area (Å²) in [5.74, 6) is -0.363. The fraction of sp³-hybridized carbons (Fsp3) is 0.0952. The third-order valence-corrected chi connectivity index (χ3v) is 12.1. The van der Waals surface area contributed by atoms with Gasteiger partial charge in [0.1, 0.15) is 0 Å². The average Bonchev–Trinajstić information content (AvgIpc) is 3.69. The van der Waals surface area contributed by atoms with Crippen LogP contribution in [0.3, 0.4) is 0 Å². The Morgan fingerprint density at radius 2 is 1.09 bits per heavy atom. The van der Waals surface area contributed by atoms with E-state index in [4.69, 9.17) is 0 Å². The molecule has 220 valence electrons. The van der Waals surface area contributed by atoms with Gasteiger partial charge < -0.3 is 0 Å². The molecule has 0 saturated heterocycles. The molecule has 3 aliphatic rings. The van der Waals surface area contributed by atoms with Gasteiger partial charge in [0.05, 0.1) is 0 Å². The summed E-state index contributed by atoms with van der Waals surface area (Å²) in [6.45, 7) is 6.56. The number of aryl methyl sites for hydroxylation is 3. The molecule has 0 saturated carbocycles. The summed E-state index contributed by atoms with van der Waals surface area (Å²) >= 11 is -0.186. The van der Waals surface area contributed by atoms with Gasteiger partial charge in [-0.1, -0.05) is 0 Å². The molecule has 46 heavy (non-hydrogen) atoms. The number of para-hydroxylation sites is 1. The number of carbonyl (C=O) groups excluding carboxylic acids is 2. The van der Waals surface area contributed by atoms with E-state index >= 15 is 0 Å². The van der Waals surface area contributed by atoms with Gasteiger partial charge in [0.15, 0.2) is 0 Å². The van der Waals surface area contributed by atoms with E-state index in [1.807, 2.05) is 18.2 Å². The number of Topliss-reactive ketones (excluding diaryl/α,β-unsaturated/α-hetero) is 2. The molecular weight excluding hydrogens is 629 g/mol. The number of carbonyl (C=O) groups is 2. The first kappa shape index (κ1) is 27.3. The molecule has 1 aromatic heterocycles. The van der Waals surface area contributed by atoms with Crippen LogP contribution >= 0.6 is 0 Å². The van der Waals surface area contributed by atoms with Crippen molar-refractivity contribution in [3.63, 3.8) is 0 Å². The zero-order chi connectivity index (χ0) is 31.3. The second-order valence-corrected chi connectivity index (χ2v) is 14.8. The molecule has 0 amide bonds. The van der Waals surface area contributed by atoms with Crippen molar-refractivity contribution in [3.8, 4) is 11.1 Å². The van der Waals surface area contributed by atoms with Crippen molar-refractivity contribution >= 4 is 48.1 Å². The van der Waals surface area contributed by atoms with Crippen molar-refractivity contribution in [2.75, 3.05) is 4.90 Å². The van der Waals surface area contributed by atoms with Crippen LogP contribution in [-0.2, 0) is 5.41 Å². The van der Waals surface area contributed by atoms with Gasteiger partial charge in [-0.05, 0) is 0 Å². The van der Waals surface area contributed by atoms with Crippen LogP contribution in [0.1, 0.15) is 64.1 Å². The number of benzene rings is 5. The maximum absolute atomic E-state index is 13.5. The number of rotatable bonds is 2. The number of allylic oxidation sites excluding steroid dienone is 1. The molecule has 0 bridgehead atoms. The first-order chi connectivity index (χ1) is 22.4. The zero-order valence-electron chi connectivity index (χ0n) is 25.7. The molecule has 1 aliphatic heterocycles. The number of hydrogen-bond donors (Lipinski definition) is 0. The molecule has 0 N–H and O–H groups in total. The third-order valence-electron chi connectivity index (χ3n) is 9.89. The molecule has 6 aromatic rings. The summed E-state index contributed by atoms with van der Waals surface area (Å²) in [7, 11) is 0. The Morgan fingerprint density at radius 1 is 0.587 bits per heavy atom. The zero-order valence-corrected chi connectivity index (χ0v) is 27.4. The summed E-state index contributed by atoms with van der Waals surface area (Å²) in [5, 5.41) is 0. The van der Waals surface area contributed by atoms with Crippen molar-refractivity contribution in [2.24, 2.45) is 0 Å². The van der Waals surface area contributed by atoms with Crippen LogP contribution in [0.25, 0.3) is 17.2 Å². The van der Waals surface area contributed by atoms with Crippen LogP contribution in [0.15, 0.2) is 121 Å². The minimum absolute atomic E-state index is 0.182. The van der Waals surface area contributed by atoms with E-state index in [0.29, 0.717) is 11.1 Å². The van der Waals surface area contributed by atoms with E-state index in [-0.39, 0.29) is 31.6 Å². The Labute approximate surface area is 274 Å². The quantitative estimate of drug-likeness (QED) is 0.106. The number of ketones is 2. The van der Waals surface area contributed by atoms with Crippen LogP contribution in [0, 0.1) is 20.8 Å². The van der Waals surface area contributed by atoms with E-state index < -0.39 is 5.41 Å². The predicted molar refractivity (Wildman–Crippen MR) is 186 cm³/mol. The molecule has 0 atom stereocenters. The standard InChI is InChI=1S/C42H29NO2Se/c1-24-20-25(2)38(26(3)21-24)43-37-19-11-10-18-35(37)42(33-16-8-6-12-28(33)29-13-7-9-17-34(29)42)36-23-27(46-41(36)43)22-32-39(44)30-14-4-5-15-31(30)40(32)45/h4-23H,1-3H3. The monoisotopic (exact) mass is 659 g/mol. The van der Waals surface area contributed by atoms with Gasteiger partial charge in [-0.2, -0.15) is 0 Å². The van der Waals surface area contributed by atoms with Gasteiger partial charge in [0.25, 0.3) is 0 Å². The summed E-state index contributed by atoms with van der Waals surface area (Å²) in [5.41, 5.74) is 14.3. The molecule has 0 radical (unpaired) electrons. The van der Waals surface area contributed by atoms with Gasteiger partial charge in [0.2, 0.25) is 0 Å². The SMILES string of the molecule is Cc1cc(C)c(N2c3ccccc3C3(c4ccccc4-c4ccccc43)c3cc(C=C4C(=O)c5ccccc5C4=O)[se]c32)c(C)c1. The molecule has 2 heterocycles. The minimum atomic E-state index is -0.531. The predicted octanol–water partition coefficient (Wildman–Crippen LogP) is 9.28. The average molecular weight is 659 g/mol. The topological polar surface area (TPSA) is 37.4 Å². The number of anilines is 3. The first-order valence-corrected chi connectivity index (χ1v) is 17.3. The van der Waals surface area contributed by atoms with Crippen molar-refractivity contribution in [3.05, 3.63) is 175 Å². The second-order valence-electron chi connectivity index (χ2n) is 12.6. The summed E-state index contributed by atoms with van der Waals surface area (Å²) < 4.78 is 2.28. The number of nitrogens with zero attached hydrogens (tertiary/aromatic N) is 1. The molecule has 3 nitrogen and oxygen atoms in total. The molecule has 1 spiro atoms. The van der Waals surface area contributed by atoms with Crippen molar-refractivity contribution in [2.45, 2.75) is 26.2 Å². The fourth-order valence-electron chi connectivity index (χ4n) is 8.25. The Balaban J connectivity index is 1.38. The Bertz CT molecular complexity index is 2250. The van der Waals surface area contributed by atoms with Crippen LogP contribution in [0.2, 0.25) is 0 Å². The summed E-state index contributed by atoms with van der Waals surface area (Å²) in [6, 6.07) is 40.5. The normalized spacial score (nSPS) is 15.0. The molecule has 5 aromatic carbocycles. The van der Waals surface area contributed by atoms with Crippen LogP contribution < -0.4 is 4.90 Å². The van der Waals surface area contributed by atoms with E-state index in [1.165, 1.54) is 66.0 Å². The summed E-state index contributed by atoms with van der Waals surface area (Å²) in [4.78, 5) is 29.6. The molecule has 0 unspecified atom stereocenters. The molecule has 4 heteroatoms. The Kier molecular flexibility index (Phi) is 5.78. The van der Waals surface area contributed by atoms with Crippen molar-refractivity contribution in [1.82, 2.24) is 0 Å².